The van der Waals surface area contributed by atoms with Crippen molar-refractivity contribution in [2.24, 2.45) is 0 Å². The van der Waals surface area contributed by atoms with Gasteiger partial charge in [-0.1, -0.05) is 23.4 Å². The molecule has 0 aliphatic heterocycles. The van der Waals surface area contributed by atoms with E-state index < -0.39 is 23.0 Å². The number of aromatic nitrogens is 1. The van der Waals surface area contributed by atoms with Gasteiger partial charge in [-0.05, 0) is 54.3 Å². The summed E-state index contributed by atoms with van der Waals surface area (Å²) < 4.78 is 32.2. The molecule has 1 aromatic heterocycles. The van der Waals surface area contributed by atoms with Gasteiger partial charge >= 0.3 is 0 Å². The number of hydrogen-bond acceptors (Lipinski definition) is 4. The number of carbonyl (C=O) groups is 1. The zero-order valence-corrected chi connectivity index (χ0v) is 14.1. The van der Waals surface area contributed by atoms with Gasteiger partial charge in [0.15, 0.2) is 23.0 Å². The molecule has 2 aromatic carbocycles. The van der Waals surface area contributed by atoms with Crippen molar-refractivity contribution < 1.29 is 23.2 Å². The Bertz CT molecular complexity index is 1040. The summed E-state index contributed by atoms with van der Waals surface area (Å²) in [4.78, 5) is 12.6. The number of aliphatic hydroxyl groups is 1. The summed E-state index contributed by atoms with van der Waals surface area (Å²) in [5.41, 5.74) is 1.21. The molecule has 6 heteroatoms. The van der Waals surface area contributed by atoms with Crippen LogP contribution in [0.1, 0.15) is 28.1 Å². The number of carbonyl (C=O) groups excluding carboxylic acids is 1. The van der Waals surface area contributed by atoms with E-state index in [1.165, 1.54) is 6.07 Å². The molecule has 1 heterocycles. The van der Waals surface area contributed by atoms with E-state index >= 15 is 0 Å². The van der Waals surface area contributed by atoms with Crippen LogP contribution in [-0.2, 0) is 16.8 Å². The average Bonchev–Trinajstić information content (AvgIpc) is 3.07. The van der Waals surface area contributed by atoms with Gasteiger partial charge in [-0.3, -0.25) is 4.79 Å². The van der Waals surface area contributed by atoms with Crippen LogP contribution >= 0.6 is 0 Å². The molecule has 0 saturated heterocycles. The zero-order valence-electron chi connectivity index (χ0n) is 14.1. The van der Waals surface area contributed by atoms with Crippen molar-refractivity contribution in [3.63, 3.8) is 0 Å². The summed E-state index contributed by atoms with van der Waals surface area (Å²) in [6.45, 7) is 3.57. The Labute approximate surface area is 148 Å². The Morgan fingerprint density at radius 1 is 1.12 bits per heavy atom. The number of ketones is 1. The Morgan fingerprint density at radius 3 is 2.54 bits per heavy atom. The number of aryl methyl sites for hydroxylation is 2. The molecule has 0 radical (unpaired) electrons. The van der Waals surface area contributed by atoms with Crippen molar-refractivity contribution in [3.8, 4) is 11.1 Å². The molecular weight excluding hydrogens is 340 g/mol. The molecule has 0 bridgehead atoms. The highest BCUT2D eigenvalue weighted by Crippen LogP contribution is 2.42. The minimum Gasteiger partial charge on any atom is -0.373 e. The molecule has 0 fully saturated rings. The van der Waals surface area contributed by atoms with Gasteiger partial charge in [-0.2, -0.15) is 0 Å². The lowest BCUT2D eigenvalue weighted by Gasteiger charge is -2.23. The van der Waals surface area contributed by atoms with Crippen molar-refractivity contribution in [1.29, 1.82) is 0 Å². The van der Waals surface area contributed by atoms with Crippen LogP contribution < -0.4 is 0 Å². The number of benzene rings is 2. The largest absolute Gasteiger partial charge is 0.373 e. The van der Waals surface area contributed by atoms with Gasteiger partial charge in [-0.25, -0.2) is 8.78 Å². The van der Waals surface area contributed by atoms with E-state index in [1.54, 1.807) is 26.0 Å². The third kappa shape index (κ3) is 2.22. The van der Waals surface area contributed by atoms with Crippen molar-refractivity contribution in [1.82, 2.24) is 5.16 Å². The molecular formula is C20H15F2NO3. The Balaban J connectivity index is 1.92. The fourth-order valence-corrected chi connectivity index (χ4v) is 3.61. The van der Waals surface area contributed by atoms with Crippen molar-refractivity contribution >= 4 is 5.78 Å². The van der Waals surface area contributed by atoms with Crippen LogP contribution in [0, 0.1) is 25.5 Å². The van der Waals surface area contributed by atoms with Crippen LogP contribution in [0.15, 0.2) is 40.9 Å². The number of nitrogens with zero attached hydrogens (tertiary/aromatic N) is 1. The third-order valence-electron chi connectivity index (χ3n) is 4.91. The Morgan fingerprint density at radius 2 is 1.88 bits per heavy atom. The van der Waals surface area contributed by atoms with Gasteiger partial charge in [0, 0.05) is 12.0 Å². The fourth-order valence-electron chi connectivity index (χ4n) is 3.61. The first-order chi connectivity index (χ1) is 12.3. The van der Waals surface area contributed by atoms with Gasteiger partial charge in [0.05, 0.1) is 5.69 Å². The summed E-state index contributed by atoms with van der Waals surface area (Å²) in [7, 11) is 0. The Kier molecular flexibility index (Phi) is 3.56. The van der Waals surface area contributed by atoms with E-state index in [2.05, 4.69) is 5.16 Å². The highest BCUT2D eigenvalue weighted by molar-refractivity contribution is 5.98. The summed E-state index contributed by atoms with van der Waals surface area (Å²) in [6.07, 6.45) is 0.0205. The molecule has 4 rings (SSSR count). The van der Waals surface area contributed by atoms with Crippen molar-refractivity contribution in [2.45, 2.75) is 25.9 Å². The summed E-state index contributed by atoms with van der Waals surface area (Å²) in [6, 6.07) is 8.28. The van der Waals surface area contributed by atoms with Crippen LogP contribution in [-0.4, -0.2) is 16.0 Å². The summed E-state index contributed by atoms with van der Waals surface area (Å²) in [5, 5.41) is 15.1. The molecule has 1 aliphatic rings. The first kappa shape index (κ1) is 16.6. The van der Waals surface area contributed by atoms with Gasteiger partial charge < -0.3 is 9.63 Å². The maximum atomic E-state index is 13.7. The molecule has 1 N–H and O–H groups in total. The maximum Gasteiger partial charge on any atom is 0.177 e. The summed E-state index contributed by atoms with van der Waals surface area (Å²) in [5.74, 6) is -2.01. The molecule has 0 saturated carbocycles. The second-order valence-electron chi connectivity index (χ2n) is 6.51. The van der Waals surface area contributed by atoms with Gasteiger partial charge in [-0.15, -0.1) is 0 Å². The standard InChI is InChI=1S/C20H15F2NO3/c1-10-19(11(2)26-23-10)13-4-3-12-8-18(24)20(25,15(12)7-13)14-5-6-16(21)17(22)9-14/h3-7,9,25H,8H2,1-2H3. The van der Waals surface area contributed by atoms with Crippen LogP contribution in [0.2, 0.25) is 0 Å². The van der Waals surface area contributed by atoms with E-state index in [1.807, 2.05) is 6.07 Å². The monoisotopic (exact) mass is 355 g/mol. The molecule has 3 aromatic rings. The molecule has 1 aliphatic carbocycles. The number of rotatable bonds is 2. The average molecular weight is 355 g/mol. The molecule has 4 nitrogen and oxygen atoms in total. The minimum atomic E-state index is -2.02. The van der Waals surface area contributed by atoms with Gasteiger partial charge in [0.1, 0.15) is 5.76 Å². The van der Waals surface area contributed by atoms with Crippen molar-refractivity contribution in [3.05, 3.63) is 76.2 Å². The maximum absolute atomic E-state index is 13.7. The highest BCUT2D eigenvalue weighted by Gasteiger charge is 2.46. The molecule has 0 spiro atoms. The predicted molar refractivity (Wildman–Crippen MR) is 89.5 cm³/mol. The lowest BCUT2D eigenvalue weighted by atomic mass is 9.85. The lowest BCUT2D eigenvalue weighted by Crippen LogP contribution is -2.33. The Hall–Kier alpha value is -2.86. The molecule has 0 amide bonds. The SMILES string of the molecule is Cc1noc(C)c1-c1ccc2c(c1)C(O)(c1ccc(F)c(F)c1)C(=O)C2. The van der Waals surface area contributed by atoms with E-state index in [-0.39, 0.29) is 12.0 Å². The fraction of sp³-hybridized carbons (Fsp3) is 0.200. The van der Waals surface area contributed by atoms with E-state index in [0.717, 1.165) is 23.3 Å². The van der Waals surface area contributed by atoms with E-state index in [4.69, 9.17) is 4.52 Å². The lowest BCUT2D eigenvalue weighted by molar-refractivity contribution is -0.131. The van der Waals surface area contributed by atoms with Crippen LogP contribution in [0.3, 0.4) is 0 Å². The molecule has 26 heavy (non-hydrogen) atoms. The normalized spacial score (nSPS) is 19.0. The second kappa shape index (κ2) is 5.57. The number of halogens is 2. The molecule has 132 valence electrons. The van der Waals surface area contributed by atoms with Gasteiger partial charge in [0.2, 0.25) is 0 Å². The van der Waals surface area contributed by atoms with E-state index in [9.17, 15) is 18.7 Å². The first-order valence-corrected chi connectivity index (χ1v) is 8.10. The highest BCUT2D eigenvalue weighted by atomic mass is 19.2. The quantitative estimate of drug-likeness (QED) is 0.763. The number of Topliss-reactive ketones (excluding diaryl/α,β-unsaturated/α-hetero) is 1. The first-order valence-electron chi connectivity index (χ1n) is 8.10. The molecule has 1 unspecified atom stereocenters. The minimum absolute atomic E-state index is 0.0102. The number of fused-ring (bicyclic) bond motifs is 1. The topological polar surface area (TPSA) is 63.3 Å². The summed E-state index contributed by atoms with van der Waals surface area (Å²) >= 11 is 0. The smallest absolute Gasteiger partial charge is 0.177 e. The predicted octanol–water partition coefficient (Wildman–Crippen LogP) is 3.60. The van der Waals surface area contributed by atoms with E-state index in [0.29, 0.717) is 22.6 Å². The van der Waals surface area contributed by atoms with Crippen LogP contribution in [0.4, 0.5) is 8.78 Å². The van der Waals surface area contributed by atoms with Crippen LogP contribution in [0.25, 0.3) is 11.1 Å². The second-order valence-corrected chi connectivity index (χ2v) is 6.51. The van der Waals surface area contributed by atoms with Crippen LogP contribution in [0.5, 0.6) is 0 Å². The van der Waals surface area contributed by atoms with Gasteiger partial charge in [0.25, 0.3) is 0 Å². The molecule has 1 atom stereocenters. The van der Waals surface area contributed by atoms with Crippen molar-refractivity contribution in [2.75, 3.05) is 0 Å². The third-order valence-corrected chi connectivity index (χ3v) is 4.91. The number of hydrogen-bond donors (Lipinski definition) is 1. The zero-order chi connectivity index (χ0) is 18.6.